The number of benzene rings is 2. The predicted octanol–water partition coefficient (Wildman–Crippen LogP) is 4.60. The molecule has 0 aliphatic carbocycles. The van der Waals surface area contributed by atoms with E-state index >= 15 is 0 Å². The molecule has 0 saturated carbocycles. The zero-order valence-electron chi connectivity index (χ0n) is 16.8. The molecule has 4 rings (SSSR count). The van der Waals surface area contributed by atoms with E-state index in [0.717, 1.165) is 17.9 Å². The number of carbonyl (C=O) groups is 1. The standard InChI is InChI=1S/C23H24N4O2/c1-15(2)29-19-10-8-18(9-11-19)25-22(28)20-12-13-24-23(26-20)27-16(3)14-17-6-4-5-7-21(17)27/h4-13,15-16H,14H2,1-3H3,(H,25,28). The van der Waals surface area contributed by atoms with Crippen LogP contribution in [0.25, 0.3) is 0 Å². The van der Waals surface area contributed by atoms with Gasteiger partial charge < -0.3 is 15.0 Å². The molecule has 1 aromatic heterocycles. The molecular weight excluding hydrogens is 364 g/mol. The highest BCUT2D eigenvalue weighted by atomic mass is 16.5. The molecule has 1 aliphatic rings. The van der Waals surface area contributed by atoms with Crippen LogP contribution >= 0.6 is 0 Å². The quantitative estimate of drug-likeness (QED) is 0.692. The number of amides is 1. The number of aromatic nitrogens is 2. The minimum Gasteiger partial charge on any atom is -0.491 e. The van der Waals surface area contributed by atoms with Gasteiger partial charge in [-0.15, -0.1) is 0 Å². The fourth-order valence-electron chi connectivity index (χ4n) is 3.55. The SMILES string of the molecule is CC(C)Oc1ccc(NC(=O)c2ccnc(N3c4ccccc4CC3C)n2)cc1. The van der Waals surface area contributed by atoms with Crippen molar-refractivity contribution in [1.82, 2.24) is 9.97 Å². The molecule has 0 radical (unpaired) electrons. The zero-order chi connectivity index (χ0) is 20.4. The number of nitrogens with one attached hydrogen (secondary N) is 1. The molecule has 2 heterocycles. The lowest BCUT2D eigenvalue weighted by atomic mass is 10.1. The predicted molar refractivity (Wildman–Crippen MR) is 114 cm³/mol. The van der Waals surface area contributed by atoms with Crippen LogP contribution in [0.1, 0.15) is 36.8 Å². The van der Waals surface area contributed by atoms with Crippen LogP contribution in [-0.4, -0.2) is 28.0 Å². The van der Waals surface area contributed by atoms with Gasteiger partial charge in [-0.2, -0.15) is 0 Å². The summed E-state index contributed by atoms with van der Waals surface area (Å²) in [7, 11) is 0. The van der Waals surface area contributed by atoms with Gasteiger partial charge in [-0.25, -0.2) is 9.97 Å². The minimum atomic E-state index is -0.272. The minimum absolute atomic E-state index is 0.105. The van der Waals surface area contributed by atoms with E-state index in [2.05, 4.69) is 39.2 Å². The van der Waals surface area contributed by atoms with E-state index < -0.39 is 0 Å². The van der Waals surface area contributed by atoms with Crippen molar-refractivity contribution in [2.24, 2.45) is 0 Å². The van der Waals surface area contributed by atoms with Crippen LogP contribution in [0.15, 0.2) is 60.8 Å². The molecule has 1 atom stereocenters. The molecule has 1 unspecified atom stereocenters. The molecule has 0 spiro atoms. The van der Waals surface area contributed by atoms with E-state index in [4.69, 9.17) is 4.74 Å². The molecule has 0 bridgehead atoms. The lowest BCUT2D eigenvalue weighted by molar-refractivity contribution is 0.102. The normalized spacial score (nSPS) is 15.3. The third kappa shape index (κ3) is 4.06. The monoisotopic (exact) mass is 388 g/mol. The van der Waals surface area contributed by atoms with Gasteiger partial charge in [-0.1, -0.05) is 18.2 Å². The number of nitrogens with zero attached hydrogens (tertiary/aromatic N) is 3. The number of ether oxygens (including phenoxy) is 1. The van der Waals surface area contributed by atoms with Crippen LogP contribution in [-0.2, 0) is 6.42 Å². The van der Waals surface area contributed by atoms with Crippen molar-refractivity contribution in [3.8, 4) is 5.75 Å². The molecule has 0 fully saturated rings. The second-order valence-electron chi connectivity index (χ2n) is 7.44. The van der Waals surface area contributed by atoms with E-state index in [-0.39, 0.29) is 18.1 Å². The van der Waals surface area contributed by atoms with Crippen LogP contribution in [0.3, 0.4) is 0 Å². The Kier molecular flexibility index (Phi) is 5.16. The van der Waals surface area contributed by atoms with Gasteiger partial charge in [0.25, 0.3) is 5.91 Å². The zero-order valence-corrected chi connectivity index (χ0v) is 16.8. The first-order chi connectivity index (χ1) is 14.0. The first kappa shape index (κ1) is 18.9. The van der Waals surface area contributed by atoms with Gasteiger partial charge in [-0.05, 0) is 69.2 Å². The summed E-state index contributed by atoms with van der Waals surface area (Å²) in [5, 5.41) is 2.88. The second kappa shape index (κ2) is 7.91. The van der Waals surface area contributed by atoms with E-state index in [9.17, 15) is 4.79 Å². The summed E-state index contributed by atoms with van der Waals surface area (Å²) in [6, 6.07) is 17.4. The molecular formula is C23H24N4O2. The first-order valence-electron chi connectivity index (χ1n) is 9.79. The largest absolute Gasteiger partial charge is 0.491 e. The number of para-hydroxylation sites is 1. The third-order valence-electron chi connectivity index (χ3n) is 4.78. The van der Waals surface area contributed by atoms with E-state index in [1.165, 1.54) is 5.56 Å². The Balaban J connectivity index is 1.52. The summed E-state index contributed by atoms with van der Waals surface area (Å²) in [4.78, 5) is 23.8. The smallest absolute Gasteiger partial charge is 0.274 e. The number of hydrogen-bond donors (Lipinski definition) is 1. The molecule has 1 aliphatic heterocycles. The lowest BCUT2D eigenvalue weighted by Crippen LogP contribution is -2.26. The van der Waals surface area contributed by atoms with Gasteiger partial charge in [0, 0.05) is 23.6 Å². The van der Waals surface area contributed by atoms with Crippen molar-refractivity contribution in [3.05, 3.63) is 72.1 Å². The average Bonchev–Trinajstić information content (AvgIpc) is 3.05. The highest BCUT2D eigenvalue weighted by molar-refractivity contribution is 6.03. The third-order valence-corrected chi connectivity index (χ3v) is 4.78. The van der Waals surface area contributed by atoms with Crippen LogP contribution in [0, 0.1) is 0 Å². The number of rotatable bonds is 5. The molecule has 6 nitrogen and oxygen atoms in total. The Morgan fingerprint density at radius 3 is 2.66 bits per heavy atom. The number of anilines is 3. The molecule has 3 aromatic rings. The Morgan fingerprint density at radius 1 is 1.14 bits per heavy atom. The van der Waals surface area contributed by atoms with Crippen LogP contribution < -0.4 is 15.0 Å². The molecule has 0 saturated heterocycles. The molecule has 1 amide bonds. The Morgan fingerprint density at radius 2 is 1.90 bits per heavy atom. The van der Waals surface area contributed by atoms with Crippen molar-refractivity contribution in [1.29, 1.82) is 0 Å². The maximum Gasteiger partial charge on any atom is 0.274 e. The molecule has 29 heavy (non-hydrogen) atoms. The van der Waals surface area contributed by atoms with E-state index in [1.54, 1.807) is 12.3 Å². The highest BCUT2D eigenvalue weighted by Crippen LogP contribution is 2.36. The van der Waals surface area contributed by atoms with Crippen molar-refractivity contribution in [3.63, 3.8) is 0 Å². The number of carbonyl (C=O) groups excluding carboxylic acids is 1. The van der Waals surface area contributed by atoms with Crippen LogP contribution in [0.5, 0.6) is 5.75 Å². The maximum absolute atomic E-state index is 12.7. The second-order valence-corrected chi connectivity index (χ2v) is 7.44. The summed E-state index contributed by atoms with van der Waals surface area (Å²) >= 11 is 0. The molecule has 6 heteroatoms. The van der Waals surface area contributed by atoms with Crippen molar-refractivity contribution >= 4 is 23.2 Å². The summed E-state index contributed by atoms with van der Waals surface area (Å²) < 4.78 is 5.63. The molecule has 2 aromatic carbocycles. The van der Waals surface area contributed by atoms with Gasteiger partial charge >= 0.3 is 0 Å². The van der Waals surface area contributed by atoms with Gasteiger partial charge in [0.2, 0.25) is 5.95 Å². The van der Waals surface area contributed by atoms with Crippen molar-refractivity contribution in [2.75, 3.05) is 10.2 Å². The highest BCUT2D eigenvalue weighted by Gasteiger charge is 2.29. The average molecular weight is 388 g/mol. The summed E-state index contributed by atoms with van der Waals surface area (Å²) in [5.41, 5.74) is 3.38. The van der Waals surface area contributed by atoms with Crippen LogP contribution in [0.4, 0.5) is 17.3 Å². The van der Waals surface area contributed by atoms with E-state index in [0.29, 0.717) is 17.3 Å². The Labute approximate surface area is 170 Å². The maximum atomic E-state index is 12.7. The van der Waals surface area contributed by atoms with Gasteiger partial charge in [0.15, 0.2) is 0 Å². The lowest BCUT2D eigenvalue weighted by Gasteiger charge is -2.22. The first-order valence-corrected chi connectivity index (χ1v) is 9.79. The fourth-order valence-corrected chi connectivity index (χ4v) is 3.55. The number of fused-ring (bicyclic) bond motifs is 1. The molecule has 1 N–H and O–H groups in total. The summed E-state index contributed by atoms with van der Waals surface area (Å²) in [6.07, 6.45) is 2.67. The molecule has 148 valence electrons. The van der Waals surface area contributed by atoms with Crippen molar-refractivity contribution < 1.29 is 9.53 Å². The summed E-state index contributed by atoms with van der Waals surface area (Å²) in [5.74, 6) is 1.03. The van der Waals surface area contributed by atoms with Crippen molar-refractivity contribution in [2.45, 2.75) is 39.3 Å². The van der Waals surface area contributed by atoms with Gasteiger partial charge in [-0.3, -0.25) is 4.79 Å². The van der Waals surface area contributed by atoms with Crippen LogP contribution in [0.2, 0.25) is 0 Å². The van der Waals surface area contributed by atoms with Gasteiger partial charge in [0.1, 0.15) is 11.4 Å². The Hall–Kier alpha value is -3.41. The Bertz CT molecular complexity index is 1020. The number of hydrogen-bond acceptors (Lipinski definition) is 5. The van der Waals surface area contributed by atoms with Gasteiger partial charge in [0.05, 0.1) is 6.10 Å². The summed E-state index contributed by atoms with van der Waals surface area (Å²) in [6.45, 7) is 6.08. The topological polar surface area (TPSA) is 67.3 Å². The van der Waals surface area contributed by atoms with E-state index in [1.807, 2.05) is 50.2 Å². The fraction of sp³-hybridized carbons (Fsp3) is 0.261.